The summed E-state index contributed by atoms with van der Waals surface area (Å²) in [5.41, 5.74) is 2.09. The van der Waals surface area contributed by atoms with Gasteiger partial charge in [0, 0.05) is 18.1 Å². The topological polar surface area (TPSA) is 29.5 Å². The maximum Gasteiger partial charge on any atom is 0.227 e. The Morgan fingerprint density at radius 2 is 1.81 bits per heavy atom. The first-order valence-corrected chi connectivity index (χ1v) is 7.49. The molecule has 0 bridgehead atoms. The molecule has 0 saturated heterocycles. The average molecular weight is 348 g/mol. The van der Waals surface area contributed by atoms with Crippen LogP contribution in [0.15, 0.2) is 53.0 Å². The van der Waals surface area contributed by atoms with Gasteiger partial charge < -0.3 is 9.64 Å². The fourth-order valence-corrected chi connectivity index (χ4v) is 2.43. The second-order valence-electron chi connectivity index (χ2n) is 4.87. The Kier molecular flexibility index (Phi) is 5.39. The lowest BCUT2D eigenvalue weighted by Crippen LogP contribution is -2.27. The molecule has 0 atom stereocenters. The number of ether oxygens (including phenoxy) is 1. The largest absolute Gasteiger partial charge is 0.497 e. The van der Waals surface area contributed by atoms with Crippen molar-refractivity contribution in [3.8, 4) is 5.75 Å². The number of hydrogen-bond donors (Lipinski definition) is 0. The highest BCUT2D eigenvalue weighted by molar-refractivity contribution is 9.10. The van der Waals surface area contributed by atoms with Gasteiger partial charge in [-0.3, -0.25) is 4.79 Å². The zero-order valence-corrected chi connectivity index (χ0v) is 13.8. The summed E-state index contributed by atoms with van der Waals surface area (Å²) < 4.78 is 6.14. The zero-order valence-electron chi connectivity index (χ0n) is 12.2. The van der Waals surface area contributed by atoms with Gasteiger partial charge in [-0.25, -0.2) is 0 Å². The molecule has 0 fully saturated rings. The van der Waals surface area contributed by atoms with Crippen molar-refractivity contribution in [3.63, 3.8) is 0 Å². The van der Waals surface area contributed by atoms with E-state index in [4.69, 9.17) is 4.74 Å². The summed E-state index contributed by atoms with van der Waals surface area (Å²) in [6, 6.07) is 15.5. The molecule has 0 saturated carbocycles. The SMILES string of the molecule is COc1ccc(CC(=O)N(C)Cc2ccccc2Br)cc1. The molecule has 2 rings (SSSR count). The Morgan fingerprint density at radius 3 is 2.43 bits per heavy atom. The predicted molar refractivity (Wildman–Crippen MR) is 87.3 cm³/mol. The van der Waals surface area contributed by atoms with E-state index in [1.165, 1.54) is 0 Å². The summed E-state index contributed by atoms with van der Waals surface area (Å²) in [6.07, 6.45) is 0.394. The minimum atomic E-state index is 0.0934. The first-order valence-electron chi connectivity index (χ1n) is 6.70. The van der Waals surface area contributed by atoms with Crippen LogP contribution in [0.25, 0.3) is 0 Å². The Balaban J connectivity index is 1.97. The van der Waals surface area contributed by atoms with E-state index in [1.54, 1.807) is 12.0 Å². The van der Waals surface area contributed by atoms with Crippen LogP contribution in [0.5, 0.6) is 5.75 Å². The number of amides is 1. The molecule has 0 aliphatic heterocycles. The predicted octanol–water partition coefficient (Wildman–Crippen LogP) is 3.66. The van der Waals surface area contributed by atoms with Crippen LogP contribution in [0.1, 0.15) is 11.1 Å². The van der Waals surface area contributed by atoms with Crippen molar-refractivity contribution in [1.82, 2.24) is 4.90 Å². The van der Waals surface area contributed by atoms with Gasteiger partial charge in [-0.1, -0.05) is 46.3 Å². The van der Waals surface area contributed by atoms with E-state index >= 15 is 0 Å². The summed E-state index contributed by atoms with van der Waals surface area (Å²) in [5, 5.41) is 0. The maximum atomic E-state index is 12.3. The number of likely N-dealkylation sites (N-methyl/N-ethyl adjacent to an activating group) is 1. The Bertz CT molecular complexity index is 610. The normalized spacial score (nSPS) is 10.2. The molecule has 3 nitrogen and oxygen atoms in total. The van der Waals surface area contributed by atoms with Gasteiger partial charge >= 0.3 is 0 Å². The number of hydrogen-bond acceptors (Lipinski definition) is 2. The first-order chi connectivity index (χ1) is 10.1. The molecule has 0 aromatic heterocycles. The lowest BCUT2D eigenvalue weighted by Gasteiger charge is -2.18. The molecule has 0 radical (unpaired) electrons. The number of rotatable bonds is 5. The molecule has 21 heavy (non-hydrogen) atoms. The smallest absolute Gasteiger partial charge is 0.227 e. The van der Waals surface area contributed by atoms with Crippen molar-refractivity contribution in [2.24, 2.45) is 0 Å². The van der Waals surface area contributed by atoms with Crippen molar-refractivity contribution in [1.29, 1.82) is 0 Å². The molecule has 1 amide bonds. The molecule has 0 aliphatic carbocycles. The van der Waals surface area contributed by atoms with Crippen molar-refractivity contribution in [2.45, 2.75) is 13.0 Å². The van der Waals surface area contributed by atoms with Gasteiger partial charge in [0.25, 0.3) is 0 Å². The summed E-state index contributed by atoms with van der Waals surface area (Å²) in [5.74, 6) is 0.892. The fourth-order valence-electron chi connectivity index (χ4n) is 2.02. The van der Waals surface area contributed by atoms with Crippen LogP contribution in [0, 0.1) is 0 Å². The first kappa shape index (κ1) is 15.6. The average Bonchev–Trinajstić information content (AvgIpc) is 2.50. The maximum absolute atomic E-state index is 12.3. The number of benzene rings is 2. The number of methoxy groups -OCH3 is 1. The zero-order chi connectivity index (χ0) is 15.2. The summed E-state index contributed by atoms with van der Waals surface area (Å²) >= 11 is 3.50. The molecule has 0 heterocycles. The van der Waals surface area contributed by atoms with Gasteiger partial charge in [0.1, 0.15) is 5.75 Å². The number of nitrogens with zero attached hydrogens (tertiary/aromatic N) is 1. The number of carbonyl (C=O) groups excluding carboxylic acids is 1. The van der Waals surface area contributed by atoms with Crippen LogP contribution in [-0.4, -0.2) is 25.0 Å². The van der Waals surface area contributed by atoms with E-state index in [1.807, 2.05) is 55.6 Å². The molecule has 2 aromatic rings. The highest BCUT2D eigenvalue weighted by atomic mass is 79.9. The second kappa shape index (κ2) is 7.27. The lowest BCUT2D eigenvalue weighted by atomic mass is 10.1. The van der Waals surface area contributed by atoms with Gasteiger partial charge in [-0.2, -0.15) is 0 Å². The molecule has 0 aliphatic rings. The Labute approximate surface area is 133 Å². The van der Waals surface area contributed by atoms with E-state index in [0.717, 1.165) is 21.3 Å². The van der Waals surface area contributed by atoms with Crippen LogP contribution >= 0.6 is 15.9 Å². The van der Waals surface area contributed by atoms with E-state index in [2.05, 4.69) is 15.9 Å². The molecule has 0 unspecified atom stereocenters. The standard InChI is InChI=1S/C17H18BrNO2/c1-19(12-14-5-3-4-6-16(14)18)17(20)11-13-7-9-15(21-2)10-8-13/h3-10H,11-12H2,1-2H3. The number of carbonyl (C=O) groups is 1. The molecular weight excluding hydrogens is 330 g/mol. The molecule has 2 aromatic carbocycles. The lowest BCUT2D eigenvalue weighted by molar-refractivity contribution is -0.129. The minimum Gasteiger partial charge on any atom is -0.497 e. The van der Waals surface area contributed by atoms with Gasteiger partial charge in [0.05, 0.1) is 13.5 Å². The van der Waals surface area contributed by atoms with E-state index in [9.17, 15) is 4.79 Å². The van der Waals surface area contributed by atoms with Gasteiger partial charge in [0.15, 0.2) is 0 Å². The third-order valence-electron chi connectivity index (χ3n) is 3.31. The Morgan fingerprint density at radius 1 is 1.14 bits per heavy atom. The highest BCUT2D eigenvalue weighted by Crippen LogP contribution is 2.18. The van der Waals surface area contributed by atoms with Crippen LogP contribution in [0.2, 0.25) is 0 Å². The minimum absolute atomic E-state index is 0.0934. The summed E-state index contributed by atoms with van der Waals surface area (Å²) in [4.78, 5) is 14.0. The van der Waals surface area contributed by atoms with Crippen molar-refractivity contribution >= 4 is 21.8 Å². The summed E-state index contributed by atoms with van der Waals surface area (Å²) in [6.45, 7) is 0.594. The van der Waals surface area contributed by atoms with Crippen molar-refractivity contribution in [3.05, 3.63) is 64.1 Å². The third-order valence-corrected chi connectivity index (χ3v) is 4.08. The third kappa shape index (κ3) is 4.33. The van der Waals surface area contributed by atoms with Gasteiger partial charge in [0.2, 0.25) is 5.91 Å². The van der Waals surface area contributed by atoms with Crippen LogP contribution in [0.3, 0.4) is 0 Å². The molecule has 110 valence electrons. The van der Waals surface area contributed by atoms with Crippen LogP contribution < -0.4 is 4.74 Å². The highest BCUT2D eigenvalue weighted by Gasteiger charge is 2.11. The molecule has 0 spiro atoms. The molecule has 0 N–H and O–H groups in total. The van der Waals surface area contributed by atoms with Crippen LogP contribution in [-0.2, 0) is 17.8 Å². The van der Waals surface area contributed by atoms with E-state index in [0.29, 0.717) is 13.0 Å². The van der Waals surface area contributed by atoms with Crippen molar-refractivity contribution in [2.75, 3.05) is 14.2 Å². The van der Waals surface area contributed by atoms with E-state index < -0.39 is 0 Å². The van der Waals surface area contributed by atoms with Crippen molar-refractivity contribution < 1.29 is 9.53 Å². The monoisotopic (exact) mass is 347 g/mol. The summed E-state index contributed by atoms with van der Waals surface area (Å²) in [7, 11) is 3.46. The van der Waals surface area contributed by atoms with E-state index in [-0.39, 0.29) is 5.91 Å². The number of halogens is 1. The second-order valence-corrected chi connectivity index (χ2v) is 5.72. The Hall–Kier alpha value is -1.81. The van der Waals surface area contributed by atoms with Crippen LogP contribution in [0.4, 0.5) is 0 Å². The molecular formula is C17H18BrNO2. The van der Waals surface area contributed by atoms with Gasteiger partial charge in [-0.15, -0.1) is 0 Å². The quantitative estimate of drug-likeness (QED) is 0.825. The molecule has 4 heteroatoms. The van der Waals surface area contributed by atoms with Gasteiger partial charge in [-0.05, 0) is 29.3 Å². The fraction of sp³-hybridized carbons (Fsp3) is 0.235.